The van der Waals surface area contributed by atoms with E-state index >= 15 is 0 Å². The number of rotatable bonds is 5. The lowest BCUT2D eigenvalue weighted by atomic mass is 10.3. The van der Waals surface area contributed by atoms with E-state index < -0.39 is 0 Å². The number of hydrogen-bond donors (Lipinski definition) is 1. The Balaban J connectivity index is 0.00000108. The first kappa shape index (κ1) is 12.8. The Bertz CT molecular complexity index is 347. The molecule has 5 nitrogen and oxygen atoms in total. The summed E-state index contributed by atoms with van der Waals surface area (Å²) in [5.41, 5.74) is 0.951. The smallest absolute Gasteiger partial charge is 0.108 e. The lowest BCUT2D eigenvalue weighted by Crippen LogP contribution is -2.13. The molecule has 0 aromatic carbocycles. The Morgan fingerprint density at radius 3 is 3.00 bits per heavy atom. The average molecular weight is 259 g/mol. The second-order valence-corrected chi connectivity index (χ2v) is 4.80. The molecule has 1 aromatic rings. The lowest BCUT2D eigenvalue weighted by Gasteiger charge is -2.06. The zero-order valence-corrected chi connectivity index (χ0v) is 10.7. The van der Waals surface area contributed by atoms with Gasteiger partial charge >= 0.3 is 0 Å². The van der Waals surface area contributed by atoms with E-state index in [1.807, 2.05) is 10.9 Å². The summed E-state index contributed by atoms with van der Waals surface area (Å²) in [4.78, 5) is 0. The molecule has 1 unspecified atom stereocenters. The molecule has 1 saturated heterocycles. The highest BCUT2D eigenvalue weighted by Gasteiger charge is 2.21. The van der Waals surface area contributed by atoms with Crippen LogP contribution in [0.15, 0.2) is 6.20 Å². The van der Waals surface area contributed by atoms with E-state index in [1.54, 1.807) is 0 Å². The molecule has 2 heterocycles. The van der Waals surface area contributed by atoms with Crippen molar-refractivity contribution in [2.75, 3.05) is 19.7 Å². The number of hydrogen-bond acceptors (Lipinski definition) is 4. The van der Waals surface area contributed by atoms with Crippen LogP contribution in [-0.2, 0) is 11.3 Å². The van der Waals surface area contributed by atoms with Crippen molar-refractivity contribution in [2.45, 2.75) is 31.9 Å². The van der Waals surface area contributed by atoms with Gasteiger partial charge in [0.1, 0.15) is 5.69 Å². The summed E-state index contributed by atoms with van der Waals surface area (Å²) < 4.78 is 7.56. The maximum atomic E-state index is 5.59. The van der Waals surface area contributed by atoms with E-state index in [-0.39, 0.29) is 12.4 Å². The van der Waals surface area contributed by atoms with Gasteiger partial charge in [-0.15, -0.1) is 17.5 Å². The van der Waals surface area contributed by atoms with E-state index in [9.17, 15) is 0 Å². The van der Waals surface area contributed by atoms with Crippen molar-refractivity contribution < 1.29 is 4.74 Å². The first-order chi connectivity index (χ1) is 7.92. The second-order valence-electron chi connectivity index (χ2n) is 4.80. The Morgan fingerprint density at radius 1 is 1.41 bits per heavy atom. The van der Waals surface area contributed by atoms with Crippen LogP contribution in [-0.4, -0.2) is 34.7 Å². The molecule has 1 atom stereocenters. The second kappa shape index (κ2) is 5.80. The number of aromatic nitrogens is 3. The Hall–Kier alpha value is -0.650. The normalized spacial score (nSPS) is 23.6. The van der Waals surface area contributed by atoms with E-state index in [0.29, 0.717) is 12.6 Å². The summed E-state index contributed by atoms with van der Waals surface area (Å²) in [7, 11) is 0. The molecule has 1 aliphatic heterocycles. The van der Waals surface area contributed by atoms with Crippen molar-refractivity contribution in [3.05, 3.63) is 11.9 Å². The summed E-state index contributed by atoms with van der Waals surface area (Å²) in [5.74, 6) is 0.814. The molecule has 1 N–H and O–H groups in total. The minimum atomic E-state index is 0. The summed E-state index contributed by atoms with van der Waals surface area (Å²) in [5, 5.41) is 11.6. The zero-order chi connectivity index (χ0) is 10.8. The lowest BCUT2D eigenvalue weighted by molar-refractivity contribution is 0.108. The summed E-state index contributed by atoms with van der Waals surface area (Å²) in [6, 6.07) is 0.477. The minimum Gasteiger partial charge on any atom is -0.375 e. The van der Waals surface area contributed by atoms with Crippen LogP contribution in [0.1, 0.15) is 31.0 Å². The Kier molecular flexibility index (Phi) is 4.36. The number of ether oxygens (including phenoxy) is 1. The molecule has 1 aliphatic carbocycles. The third-order valence-corrected chi connectivity index (χ3v) is 3.27. The molecule has 2 aliphatic rings. The SMILES string of the molecule is Cl.c1c(COCC2CC2)nnn1C1CCNC1. The van der Waals surface area contributed by atoms with Crippen molar-refractivity contribution >= 4 is 12.4 Å². The summed E-state index contributed by atoms with van der Waals surface area (Å²) in [6.45, 7) is 3.58. The molecule has 17 heavy (non-hydrogen) atoms. The number of nitrogens with one attached hydrogen (secondary N) is 1. The maximum Gasteiger partial charge on any atom is 0.108 e. The van der Waals surface area contributed by atoms with Crippen molar-refractivity contribution in [1.82, 2.24) is 20.3 Å². The third-order valence-electron chi connectivity index (χ3n) is 3.27. The minimum absolute atomic E-state index is 0. The number of nitrogens with zero attached hydrogens (tertiary/aromatic N) is 3. The van der Waals surface area contributed by atoms with Crippen LogP contribution in [0.25, 0.3) is 0 Å². The molecule has 1 saturated carbocycles. The van der Waals surface area contributed by atoms with Crippen molar-refractivity contribution in [3.63, 3.8) is 0 Å². The van der Waals surface area contributed by atoms with Gasteiger partial charge in [-0.25, -0.2) is 4.68 Å². The van der Waals surface area contributed by atoms with Gasteiger partial charge in [0.15, 0.2) is 0 Å². The van der Waals surface area contributed by atoms with Crippen LogP contribution in [0.2, 0.25) is 0 Å². The fourth-order valence-electron chi connectivity index (χ4n) is 2.04. The van der Waals surface area contributed by atoms with Gasteiger partial charge in [0, 0.05) is 13.2 Å². The van der Waals surface area contributed by atoms with Gasteiger partial charge in [-0.2, -0.15) is 0 Å². The van der Waals surface area contributed by atoms with Crippen LogP contribution in [0.4, 0.5) is 0 Å². The molecular formula is C11H19ClN4O. The zero-order valence-electron chi connectivity index (χ0n) is 9.84. The number of halogens is 1. The predicted molar refractivity (Wildman–Crippen MR) is 66.2 cm³/mol. The topological polar surface area (TPSA) is 52.0 Å². The monoisotopic (exact) mass is 258 g/mol. The molecule has 0 bridgehead atoms. The Morgan fingerprint density at radius 2 is 2.29 bits per heavy atom. The Labute approximate surface area is 107 Å². The van der Waals surface area contributed by atoms with Gasteiger partial charge in [0.25, 0.3) is 0 Å². The molecule has 0 amide bonds. The first-order valence-electron chi connectivity index (χ1n) is 6.11. The van der Waals surface area contributed by atoms with Crippen molar-refractivity contribution in [1.29, 1.82) is 0 Å². The molecule has 0 radical (unpaired) electrons. The highest BCUT2D eigenvalue weighted by Crippen LogP contribution is 2.29. The molecule has 3 rings (SSSR count). The van der Waals surface area contributed by atoms with Crippen LogP contribution in [0.5, 0.6) is 0 Å². The van der Waals surface area contributed by atoms with Gasteiger partial charge in [-0.3, -0.25) is 0 Å². The standard InChI is InChI=1S/C11H18N4O.ClH/c1-2-9(1)7-16-8-10-6-15(14-13-10)11-3-4-12-5-11;/h6,9,11-12H,1-5,7-8H2;1H. The van der Waals surface area contributed by atoms with Crippen LogP contribution in [0, 0.1) is 5.92 Å². The van der Waals surface area contributed by atoms with Crippen molar-refractivity contribution in [2.24, 2.45) is 5.92 Å². The van der Waals surface area contributed by atoms with E-state index in [4.69, 9.17) is 4.74 Å². The van der Waals surface area contributed by atoms with Gasteiger partial charge in [-0.1, -0.05) is 5.21 Å². The molecule has 0 spiro atoms. The van der Waals surface area contributed by atoms with Crippen molar-refractivity contribution in [3.8, 4) is 0 Å². The van der Waals surface area contributed by atoms with Gasteiger partial charge in [-0.05, 0) is 31.7 Å². The molecule has 2 fully saturated rings. The predicted octanol–water partition coefficient (Wildman–Crippen LogP) is 1.16. The largest absolute Gasteiger partial charge is 0.375 e. The quantitative estimate of drug-likeness (QED) is 0.861. The fourth-order valence-corrected chi connectivity index (χ4v) is 2.04. The molecular weight excluding hydrogens is 240 g/mol. The van der Waals surface area contributed by atoms with E-state index in [1.165, 1.54) is 12.8 Å². The van der Waals surface area contributed by atoms with Crippen LogP contribution in [0.3, 0.4) is 0 Å². The van der Waals surface area contributed by atoms with E-state index in [2.05, 4.69) is 15.6 Å². The molecule has 6 heteroatoms. The third kappa shape index (κ3) is 3.40. The summed E-state index contributed by atoms with van der Waals surface area (Å²) >= 11 is 0. The summed E-state index contributed by atoms with van der Waals surface area (Å²) in [6.07, 6.45) is 5.83. The first-order valence-corrected chi connectivity index (χ1v) is 6.11. The molecule has 1 aromatic heterocycles. The van der Waals surface area contributed by atoms with E-state index in [0.717, 1.165) is 37.7 Å². The van der Waals surface area contributed by atoms with Gasteiger partial charge in [0.2, 0.25) is 0 Å². The van der Waals surface area contributed by atoms with Crippen LogP contribution < -0.4 is 5.32 Å². The fraction of sp³-hybridized carbons (Fsp3) is 0.818. The maximum absolute atomic E-state index is 5.59. The van der Waals surface area contributed by atoms with Crippen LogP contribution >= 0.6 is 12.4 Å². The van der Waals surface area contributed by atoms with Gasteiger partial charge in [0.05, 0.1) is 18.8 Å². The van der Waals surface area contributed by atoms with Gasteiger partial charge < -0.3 is 10.1 Å². The molecule has 96 valence electrons. The highest BCUT2D eigenvalue weighted by molar-refractivity contribution is 5.85. The average Bonchev–Trinajstić information content (AvgIpc) is 2.83. The highest BCUT2D eigenvalue weighted by atomic mass is 35.5.